The van der Waals surface area contributed by atoms with Crippen molar-refractivity contribution in [1.29, 1.82) is 0 Å². The maximum absolute atomic E-state index is 11.7. The van der Waals surface area contributed by atoms with Crippen LogP contribution < -0.4 is 15.6 Å². The minimum Gasteiger partial charge on any atom is -0.314 e. The molecular weight excluding hydrogens is 268 g/mol. The Kier molecular flexibility index (Phi) is 4.54. The molecule has 106 valence electrons. The molecular formula is C11H18N4O3S. The van der Waals surface area contributed by atoms with Gasteiger partial charge in [0.25, 0.3) is 5.56 Å². The number of hydrogen-bond donors (Lipinski definition) is 3. The van der Waals surface area contributed by atoms with E-state index in [2.05, 4.69) is 20.2 Å². The third kappa shape index (κ3) is 5.39. The van der Waals surface area contributed by atoms with E-state index >= 15 is 0 Å². The molecule has 1 saturated carbocycles. The Morgan fingerprint density at radius 1 is 1.32 bits per heavy atom. The monoisotopic (exact) mass is 286 g/mol. The van der Waals surface area contributed by atoms with Gasteiger partial charge in [-0.15, -0.1) is 0 Å². The molecule has 1 aliphatic carbocycles. The highest BCUT2D eigenvalue weighted by Crippen LogP contribution is 2.18. The van der Waals surface area contributed by atoms with Crippen LogP contribution in [0.2, 0.25) is 0 Å². The summed E-state index contributed by atoms with van der Waals surface area (Å²) in [5, 5.41) is 9.11. The third-order valence-electron chi connectivity index (χ3n) is 2.79. The number of aromatic nitrogens is 2. The van der Waals surface area contributed by atoms with Crippen LogP contribution in [-0.2, 0) is 10.0 Å². The summed E-state index contributed by atoms with van der Waals surface area (Å²) < 4.78 is 25.8. The minimum absolute atomic E-state index is 0.0557. The average molecular weight is 286 g/mol. The van der Waals surface area contributed by atoms with E-state index in [1.165, 1.54) is 25.0 Å². The van der Waals surface area contributed by atoms with Gasteiger partial charge in [-0.05, 0) is 38.3 Å². The van der Waals surface area contributed by atoms with Crippen molar-refractivity contribution < 1.29 is 8.42 Å². The number of anilines is 1. The highest BCUT2D eigenvalue weighted by Gasteiger charge is 2.19. The van der Waals surface area contributed by atoms with E-state index in [1.54, 1.807) is 0 Å². The zero-order valence-corrected chi connectivity index (χ0v) is 11.4. The quantitative estimate of drug-likeness (QED) is 0.586. The molecule has 0 unspecified atom stereocenters. The molecule has 0 bridgehead atoms. The molecule has 7 nitrogen and oxygen atoms in total. The highest BCUT2D eigenvalue weighted by atomic mass is 32.2. The zero-order chi connectivity index (χ0) is 13.7. The van der Waals surface area contributed by atoms with Gasteiger partial charge in [-0.25, -0.2) is 13.5 Å². The van der Waals surface area contributed by atoms with Crippen LogP contribution in [0.15, 0.2) is 16.9 Å². The van der Waals surface area contributed by atoms with Crippen LogP contribution in [0.25, 0.3) is 0 Å². The van der Waals surface area contributed by atoms with Crippen LogP contribution in [0, 0.1) is 0 Å². The van der Waals surface area contributed by atoms with Gasteiger partial charge >= 0.3 is 0 Å². The van der Waals surface area contributed by atoms with Gasteiger partial charge in [0.2, 0.25) is 10.0 Å². The SMILES string of the molecule is O=c1ccc(NS(=O)(=O)CCCCNC2CC2)n[nH]1. The van der Waals surface area contributed by atoms with Crippen LogP contribution in [0.1, 0.15) is 25.7 Å². The van der Waals surface area contributed by atoms with Gasteiger partial charge in [-0.1, -0.05) is 0 Å². The van der Waals surface area contributed by atoms with Crippen LogP contribution in [-0.4, -0.2) is 37.0 Å². The number of unbranched alkanes of at least 4 members (excludes halogenated alkanes) is 1. The molecule has 0 atom stereocenters. The zero-order valence-electron chi connectivity index (χ0n) is 10.6. The van der Waals surface area contributed by atoms with Gasteiger partial charge in [0.05, 0.1) is 5.75 Å². The molecule has 0 aliphatic heterocycles. The lowest BCUT2D eigenvalue weighted by molar-refractivity contribution is 0.590. The lowest BCUT2D eigenvalue weighted by atomic mass is 10.3. The second-order valence-corrected chi connectivity index (χ2v) is 6.50. The van der Waals surface area contributed by atoms with Crippen LogP contribution in [0.4, 0.5) is 5.82 Å². The number of sulfonamides is 1. The molecule has 0 amide bonds. The Hall–Kier alpha value is -1.41. The molecule has 3 N–H and O–H groups in total. The van der Waals surface area contributed by atoms with Crippen LogP contribution in [0.3, 0.4) is 0 Å². The molecule has 1 aromatic heterocycles. The highest BCUT2D eigenvalue weighted by molar-refractivity contribution is 7.92. The lowest BCUT2D eigenvalue weighted by Gasteiger charge is -2.06. The van der Waals surface area contributed by atoms with Crippen molar-refractivity contribution in [1.82, 2.24) is 15.5 Å². The number of nitrogens with zero attached hydrogens (tertiary/aromatic N) is 1. The molecule has 0 saturated heterocycles. The summed E-state index contributed by atoms with van der Waals surface area (Å²) in [6.45, 7) is 0.858. The van der Waals surface area contributed by atoms with E-state index in [9.17, 15) is 13.2 Å². The molecule has 8 heteroatoms. The number of rotatable bonds is 8. The van der Waals surface area contributed by atoms with Gasteiger partial charge in [0.1, 0.15) is 0 Å². The molecule has 2 rings (SSSR count). The van der Waals surface area contributed by atoms with Crippen molar-refractivity contribution in [3.05, 3.63) is 22.5 Å². The normalized spacial score (nSPS) is 15.4. The second kappa shape index (κ2) is 6.16. The van der Waals surface area contributed by atoms with E-state index in [1.807, 2.05) is 0 Å². The molecule has 0 aromatic carbocycles. The van der Waals surface area contributed by atoms with Gasteiger partial charge < -0.3 is 5.32 Å². The molecule has 1 aromatic rings. The van der Waals surface area contributed by atoms with E-state index in [-0.39, 0.29) is 17.1 Å². The van der Waals surface area contributed by atoms with Crippen LogP contribution >= 0.6 is 0 Å². The smallest absolute Gasteiger partial charge is 0.264 e. The Morgan fingerprint density at radius 2 is 2.11 bits per heavy atom. The van der Waals surface area contributed by atoms with Gasteiger partial charge in [0, 0.05) is 12.1 Å². The number of nitrogens with one attached hydrogen (secondary N) is 3. The Bertz CT molecular complexity index is 545. The number of H-pyrrole nitrogens is 1. The fourth-order valence-electron chi connectivity index (χ4n) is 1.62. The molecule has 1 fully saturated rings. The number of hydrogen-bond acceptors (Lipinski definition) is 5. The van der Waals surface area contributed by atoms with Crippen molar-refractivity contribution in [3.63, 3.8) is 0 Å². The summed E-state index contributed by atoms with van der Waals surface area (Å²) in [6, 6.07) is 3.22. The first-order valence-electron chi connectivity index (χ1n) is 6.35. The van der Waals surface area contributed by atoms with Crippen molar-refractivity contribution in [2.45, 2.75) is 31.7 Å². The predicted octanol–water partition coefficient (Wildman–Crippen LogP) is 0.0438. The maximum Gasteiger partial charge on any atom is 0.264 e. The molecule has 1 heterocycles. The van der Waals surface area contributed by atoms with Crippen molar-refractivity contribution in [2.75, 3.05) is 17.0 Å². The Morgan fingerprint density at radius 3 is 2.74 bits per heavy atom. The molecule has 1 aliphatic rings. The predicted molar refractivity (Wildman–Crippen MR) is 72.5 cm³/mol. The Labute approximate surface area is 111 Å². The topological polar surface area (TPSA) is 104 Å². The van der Waals surface area contributed by atoms with Gasteiger partial charge in [0.15, 0.2) is 5.82 Å². The summed E-state index contributed by atoms with van der Waals surface area (Å²) >= 11 is 0. The van der Waals surface area contributed by atoms with E-state index < -0.39 is 10.0 Å². The summed E-state index contributed by atoms with van der Waals surface area (Å²) in [5.74, 6) is 0.191. The largest absolute Gasteiger partial charge is 0.314 e. The first kappa shape index (κ1) is 14.0. The summed E-state index contributed by atoms with van der Waals surface area (Å²) in [6.07, 6.45) is 3.89. The van der Waals surface area contributed by atoms with Gasteiger partial charge in [-0.3, -0.25) is 9.52 Å². The number of aromatic amines is 1. The Balaban J connectivity index is 1.71. The van der Waals surface area contributed by atoms with E-state index in [0.29, 0.717) is 12.5 Å². The second-order valence-electron chi connectivity index (χ2n) is 4.66. The van der Waals surface area contributed by atoms with Gasteiger partial charge in [-0.2, -0.15) is 5.10 Å². The molecule has 0 radical (unpaired) electrons. The van der Waals surface area contributed by atoms with E-state index in [4.69, 9.17) is 0 Å². The third-order valence-corrected chi connectivity index (χ3v) is 4.14. The maximum atomic E-state index is 11.7. The fourth-order valence-corrected chi connectivity index (χ4v) is 2.74. The van der Waals surface area contributed by atoms with Crippen molar-refractivity contribution in [2.24, 2.45) is 0 Å². The summed E-state index contributed by atoms with van der Waals surface area (Å²) in [4.78, 5) is 10.8. The summed E-state index contributed by atoms with van der Waals surface area (Å²) in [7, 11) is -3.39. The fraction of sp³-hybridized carbons (Fsp3) is 0.636. The molecule has 19 heavy (non-hydrogen) atoms. The molecule has 0 spiro atoms. The van der Waals surface area contributed by atoms with Crippen molar-refractivity contribution in [3.8, 4) is 0 Å². The van der Waals surface area contributed by atoms with Crippen molar-refractivity contribution >= 4 is 15.8 Å². The van der Waals surface area contributed by atoms with Crippen LogP contribution in [0.5, 0.6) is 0 Å². The van der Waals surface area contributed by atoms with E-state index in [0.717, 1.165) is 13.0 Å². The first-order chi connectivity index (χ1) is 9.05. The lowest BCUT2D eigenvalue weighted by Crippen LogP contribution is -2.21. The average Bonchev–Trinajstić information content (AvgIpc) is 3.15. The standard InChI is InChI=1S/C11H18N4O3S/c16-11-6-5-10(13-14-11)15-19(17,18)8-2-1-7-12-9-3-4-9/h5-6,9,12H,1-4,7-8H2,(H,13,15)(H,14,16). The summed E-state index contributed by atoms with van der Waals surface area (Å²) in [5.41, 5.74) is -0.367. The minimum atomic E-state index is -3.39. The first-order valence-corrected chi connectivity index (χ1v) is 8.00.